The van der Waals surface area contributed by atoms with E-state index in [-0.39, 0.29) is 23.0 Å². The monoisotopic (exact) mass is 424 g/mol. The quantitative estimate of drug-likeness (QED) is 0.680. The van der Waals surface area contributed by atoms with Crippen LogP contribution in [0.25, 0.3) is 0 Å². The first-order valence-electron chi connectivity index (χ1n) is 11.0. The van der Waals surface area contributed by atoms with Crippen LogP contribution in [0.5, 0.6) is 17.2 Å². The number of phenols is 1. The van der Waals surface area contributed by atoms with Crippen molar-refractivity contribution in [3.05, 3.63) is 53.6 Å². The first kappa shape index (κ1) is 21.5. The number of methoxy groups -OCH3 is 2. The van der Waals surface area contributed by atoms with Gasteiger partial charge < -0.3 is 19.9 Å². The molecule has 2 N–H and O–H groups in total. The maximum absolute atomic E-state index is 12.7. The van der Waals surface area contributed by atoms with Crippen LogP contribution in [0.3, 0.4) is 0 Å². The maximum atomic E-state index is 12.7. The van der Waals surface area contributed by atoms with E-state index in [1.54, 1.807) is 20.3 Å². The summed E-state index contributed by atoms with van der Waals surface area (Å²) in [6, 6.07) is 13.6. The zero-order valence-corrected chi connectivity index (χ0v) is 18.4. The molecule has 4 rings (SSSR count). The van der Waals surface area contributed by atoms with Gasteiger partial charge in [0, 0.05) is 24.6 Å². The number of carbonyl (C=O) groups is 1. The number of rotatable bonds is 8. The molecule has 1 heterocycles. The smallest absolute Gasteiger partial charge is 0.223 e. The Labute approximate surface area is 184 Å². The number of hydrogen-bond donors (Lipinski definition) is 2. The molecule has 6 nitrogen and oxygen atoms in total. The van der Waals surface area contributed by atoms with E-state index in [9.17, 15) is 9.90 Å². The van der Waals surface area contributed by atoms with Crippen LogP contribution in [0.2, 0.25) is 0 Å². The van der Waals surface area contributed by atoms with Gasteiger partial charge in [0.25, 0.3) is 0 Å². The summed E-state index contributed by atoms with van der Waals surface area (Å²) in [4.78, 5) is 15.1. The van der Waals surface area contributed by atoms with Gasteiger partial charge in [0.2, 0.25) is 5.91 Å². The molecule has 1 spiro atoms. The Hall–Kier alpha value is -2.73. The maximum Gasteiger partial charge on any atom is 0.223 e. The molecule has 6 heteroatoms. The normalized spacial score (nSPS) is 19.7. The van der Waals surface area contributed by atoms with Crippen LogP contribution in [0.15, 0.2) is 42.5 Å². The Kier molecular flexibility index (Phi) is 6.37. The van der Waals surface area contributed by atoms with Crippen molar-refractivity contribution in [2.75, 3.05) is 33.9 Å². The Bertz CT molecular complexity index is 921. The molecule has 0 radical (unpaired) electrons. The fraction of sp³-hybridized carbons (Fsp3) is 0.480. The predicted molar refractivity (Wildman–Crippen MR) is 119 cm³/mol. The van der Waals surface area contributed by atoms with Crippen LogP contribution in [-0.2, 0) is 17.8 Å². The number of ether oxygens (including phenoxy) is 2. The van der Waals surface area contributed by atoms with Crippen molar-refractivity contribution in [3.63, 3.8) is 0 Å². The largest absolute Gasteiger partial charge is 0.504 e. The number of hydrogen-bond acceptors (Lipinski definition) is 5. The molecule has 31 heavy (non-hydrogen) atoms. The van der Waals surface area contributed by atoms with Crippen LogP contribution in [0, 0.1) is 11.3 Å². The molecule has 1 saturated heterocycles. The number of amides is 1. The van der Waals surface area contributed by atoms with Gasteiger partial charge >= 0.3 is 0 Å². The van der Waals surface area contributed by atoms with Crippen molar-refractivity contribution >= 4 is 5.91 Å². The highest BCUT2D eigenvalue weighted by Gasteiger charge is 2.58. The molecule has 2 aromatic rings. The molecular weight excluding hydrogens is 392 g/mol. The van der Waals surface area contributed by atoms with Crippen LogP contribution in [-0.4, -0.2) is 49.8 Å². The predicted octanol–water partition coefficient (Wildman–Crippen LogP) is 3.37. The molecular formula is C25H32N2O4. The molecule has 0 aromatic heterocycles. The van der Waals surface area contributed by atoms with E-state index in [0.29, 0.717) is 18.8 Å². The third-order valence-corrected chi connectivity index (χ3v) is 6.94. The van der Waals surface area contributed by atoms with E-state index in [4.69, 9.17) is 9.47 Å². The van der Waals surface area contributed by atoms with Gasteiger partial charge in [0.15, 0.2) is 11.5 Å². The first-order chi connectivity index (χ1) is 15.1. The lowest BCUT2D eigenvalue weighted by Crippen LogP contribution is -2.37. The Balaban J connectivity index is 1.24. The summed E-state index contributed by atoms with van der Waals surface area (Å²) in [7, 11) is 3.24. The van der Waals surface area contributed by atoms with Crippen molar-refractivity contribution in [1.29, 1.82) is 0 Å². The second-order valence-corrected chi connectivity index (χ2v) is 8.72. The van der Waals surface area contributed by atoms with Crippen LogP contribution in [0.1, 0.15) is 30.4 Å². The minimum Gasteiger partial charge on any atom is -0.504 e. The average Bonchev–Trinajstić information content (AvgIpc) is 3.50. The van der Waals surface area contributed by atoms with Crippen LogP contribution < -0.4 is 14.8 Å². The average molecular weight is 425 g/mol. The minimum atomic E-state index is 0.137. The van der Waals surface area contributed by atoms with Crippen molar-refractivity contribution in [2.24, 2.45) is 11.3 Å². The summed E-state index contributed by atoms with van der Waals surface area (Å²) in [5.41, 5.74) is 2.17. The molecule has 2 aliphatic rings. The van der Waals surface area contributed by atoms with Crippen molar-refractivity contribution in [1.82, 2.24) is 10.2 Å². The summed E-state index contributed by atoms with van der Waals surface area (Å²) in [5, 5.41) is 13.5. The highest BCUT2D eigenvalue weighted by Crippen LogP contribution is 2.59. The van der Waals surface area contributed by atoms with Gasteiger partial charge in [-0.25, -0.2) is 0 Å². The number of phenolic OH excluding ortho intramolecular Hbond substituents is 1. The highest BCUT2D eigenvalue weighted by atomic mass is 16.5. The van der Waals surface area contributed by atoms with E-state index in [1.165, 1.54) is 0 Å². The van der Waals surface area contributed by atoms with E-state index >= 15 is 0 Å². The lowest BCUT2D eigenvalue weighted by atomic mass is 9.90. The van der Waals surface area contributed by atoms with E-state index in [1.807, 2.05) is 36.4 Å². The molecule has 1 aliphatic heterocycles. The second kappa shape index (κ2) is 9.18. The molecule has 166 valence electrons. The molecule has 0 unspecified atom stereocenters. The summed E-state index contributed by atoms with van der Waals surface area (Å²) in [6.45, 7) is 3.23. The zero-order valence-electron chi connectivity index (χ0n) is 18.4. The van der Waals surface area contributed by atoms with Gasteiger partial charge in [-0.15, -0.1) is 0 Å². The number of carbonyl (C=O) groups excluding carboxylic acids is 1. The minimum absolute atomic E-state index is 0.137. The highest BCUT2D eigenvalue weighted by molar-refractivity contribution is 5.82. The lowest BCUT2D eigenvalue weighted by Gasteiger charge is -2.33. The third kappa shape index (κ3) is 4.64. The van der Waals surface area contributed by atoms with E-state index < -0.39 is 0 Å². The van der Waals surface area contributed by atoms with Crippen LogP contribution in [0.4, 0.5) is 0 Å². The van der Waals surface area contributed by atoms with Gasteiger partial charge in [0.1, 0.15) is 5.75 Å². The number of benzene rings is 2. The standard InChI is InChI=1S/C25H32N2O4/c1-30-21-8-4-3-6-18(21)10-13-26-24(29)20-16-25(20)11-14-27(15-12-25)17-19-7-5-9-22(31-2)23(19)28/h3-9,20,28H,10-17H2,1-2H3,(H,26,29)/t20-/m1/s1. The molecule has 2 aromatic carbocycles. The van der Waals surface area contributed by atoms with Crippen molar-refractivity contribution < 1.29 is 19.4 Å². The second-order valence-electron chi connectivity index (χ2n) is 8.72. The first-order valence-corrected chi connectivity index (χ1v) is 11.0. The SMILES string of the molecule is COc1ccccc1CCNC(=O)[C@H]1CC12CCN(Cc1cccc(OC)c1O)CC2. The van der Waals surface area contributed by atoms with Gasteiger partial charge in [0.05, 0.1) is 14.2 Å². The van der Waals surface area contributed by atoms with Gasteiger partial charge in [-0.05, 0) is 61.9 Å². The molecule has 1 saturated carbocycles. The Morgan fingerprint density at radius 1 is 1.06 bits per heavy atom. The van der Waals surface area contributed by atoms with Gasteiger partial charge in [-0.1, -0.05) is 30.3 Å². The molecule has 2 fully saturated rings. The topological polar surface area (TPSA) is 71.0 Å². The number of nitrogens with one attached hydrogen (secondary N) is 1. The zero-order chi connectivity index (χ0) is 21.8. The fourth-order valence-electron chi connectivity index (χ4n) is 4.88. The van der Waals surface area contributed by atoms with Gasteiger partial charge in [-0.3, -0.25) is 9.69 Å². The van der Waals surface area contributed by atoms with E-state index in [0.717, 1.165) is 55.6 Å². The molecule has 1 amide bonds. The van der Waals surface area contributed by atoms with Crippen LogP contribution >= 0.6 is 0 Å². The summed E-state index contributed by atoms with van der Waals surface area (Å²) < 4.78 is 10.6. The Morgan fingerprint density at radius 3 is 2.48 bits per heavy atom. The molecule has 0 bridgehead atoms. The van der Waals surface area contributed by atoms with Crippen molar-refractivity contribution in [3.8, 4) is 17.2 Å². The Morgan fingerprint density at radius 2 is 1.74 bits per heavy atom. The number of nitrogens with zero attached hydrogens (tertiary/aromatic N) is 1. The summed E-state index contributed by atoms with van der Waals surface area (Å²) >= 11 is 0. The van der Waals surface area contributed by atoms with Gasteiger partial charge in [-0.2, -0.15) is 0 Å². The van der Waals surface area contributed by atoms with E-state index in [2.05, 4.69) is 10.2 Å². The molecule has 1 aliphatic carbocycles. The van der Waals surface area contributed by atoms with Crippen molar-refractivity contribution in [2.45, 2.75) is 32.2 Å². The number of para-hydroxylation sites is 2. The fourth-order valence-corrected chi connectivity index (χ4v) is 4.88. The summed E-state index contributed by atoms with van der Waals surface area (Å²) in [6.07, 6.45) is 3.82. The molecule has 1 atom stereocenters. The lowest BCUT2D eigenvalue weighted by molar-refractivity contribution is -0.123. The number of aromatic hydroxyl groups is 1. The number of piperidine rings is 1. The third-order valence-electron chi connectivity index (χ3n) is 6.94. The number of likely N-dealkylation sites (tertiary alicyclic amines) is 1. The summed E-state index contributed by atoms with van der Waals surface area (Å²) in [5.74, 6) is 1.93.